The zero-order chi connectivity index (χ0) is 12.3. The Morgan fingerprint density at radius 3 is 2.94 bits per heavy atom. The van der Waals surface area contributed by atoms with Gasteiger partial charge in [-0.05, 0) is 31.0 Å². The Morgan fingerprint density at radius 1 is 1.41 bits per heavy atom. The SMILES string of the molecule is CCCn1ccnc1Nc1ccc(C)c(F)c1. The molecule has 0 spiro atoms. The highest BCUT2D eigenvalue weighted by Crippen LogP contribution is 2.18. The molecule has 0 bridgehead atoms. The van der Waals surface area contributed by atoms with Crippen LogP contribution in [0.4, 0.5) is 16.0 Å². The van der Waals surface area contributed by atoms with E-state index < -0.39 is 0 Å². The van der Waals surface area contributed by atoms with E-state index in [4.69, 9.17) is 0 Å². The van der Waals surface area contributed by atoms with Crippen molar-refractivity contribution in [3.8, 4) is 0 Å². The molecule has 0 atom stereocenters. The van der Waals surface area contributed by atoms with E-state index in [1.54, 1.807) is 19.2 Å². The summed E-state index contributed by atoms with van der Waals surface area (Å²) in [5, 5.41) is 3.12. The molecule has 3 nitrogen and oxygen atoms in total. The highest BCUT2D eigenvalue weighted by Gasteiger charge is 2.04. The number of rotatable bonds is 4. The molecule has 2 rings (SSSR count). The Balaban J connectivity index is 2.19. The quantitative estimate of drug-likeness (QED) is 0.876. The van der Waals surface area contributed by atoms with E-state index in [1.165, 1.54) is 6.07 Å². The van der Waals surface area contributed by atoms with Gasteiger partial charge in [0.2, 0.25) is 5.95 Å². The maximum atomic E-state index is 13.4. The molecule has 0 saturated carbocycles. The maximum Gasteiger partial charge on any atom is 0.207 e. The molecule has 90 valence electrons. The minimum Gasteiger partial charge on any atom is -0.326 e. The van der Waals surface area contributed by atoms with Crippen molar-refractivity contribution < 1.29 is 4.39 Å². The number of aryl methyl sites for hydroxylation is 2. The predicted octanol–water partition coefficient (Wildman–Crippen LogP) is 3.48. The van der Waals surface area contributed by atoms with E-state index in [2.05, 4.69) is 17.2 Å². The number of benzene rings is 1. The topological polar surface area (TPSA) is 29.9 Å². The number of nitrogens with one attached hydrogen (secondary N) is 1. The third-order valence-corrected chi connectivity index (χ3v) is 2.61. The van der Waals surface area contributed by atoms with Gasteiger partial charge in [0.1, 0.15) is 5.82 Å². The van der Waals surface area contributed by atoms with Gasteiger partial charge in [-0.2, -0.15) is 0 Å². The lowest BCUT2D eigenvalue weighted by Crippen LogP contribution is -2.03. The Labute approximate surface area is 100 Å². The highest BCUT2D eigenvalue weighted by atomic mass is 19.1. The average molecular weight is 233 g/mol. The third kappa shape index (κ3) is 2.64. The van der Waals surface area contributed by atoms with Gasteiger partial charge in [0.15, 0.2) is 0 Å². The first-order valence-electron chi connectivity index (χ1n) is 5.75. The van der Waals surface area contributed by atoms with Crippen LogP contribution in [0.1, 0.15) is 18.9 Å². The van der Waals surface area contributed by atoms with Gasteiger partial charge in [-0.3, -0.25) is 0 Å². The zero-order valence-corrected chi connectivity index (χ0v) is 10.1. The van der Waals surface area contributed by atoms with Crippen LogP contribution in [0.5, 0.6) is 0 Å². The van der Waals surface area contributed by atoms with Crippen molar-refractivity contribution in [2.24, 2.45) is 0 Å². The summed E-state index contributed by atoms with van der Waals surface area (Å²) in [4.78, 5) is 4.21. The van der Waals surface area contributed by atoms with E-state index in [0.717, 1.165) is 24.6 Å². The lowest BCUT2D eigenvalue weighted by atomic mass is 10.2. The van der Waals surface area contributed by atoms with Crippen LogP contribution in [0.3, 0.4) is 0 Å². The van der Waals surface area contributed by atoms with Crippen LogP contribution in [0.15, 0.2) is 30.6 Å². The fourth-order valence-corrected chi connectivity index (χ4v) is 1.65. The van der Waals surface area contributed by atoms with Crippen molar-refractivity contribution >= 4 is 11.6 Å². The normalized spacial score (nSPS) is 10.5. The van der Waals surface area contributed by atoms with Gasteiger partial charge in [-0.25, -0.2) is 9.37 Å². The summed E-state index contributed by atoms with van der Waals surface area (Å²) < 4.78 is 15.4. The first kappa shape index (κ1) is 11.6. The maximum absolute atomic E-state index is 13.4. The van der Waals surface area contributed by atoms with Crippen LogP contribution in [-0.4, -0.2) is 9.55 Å². The Hall–Kier alpha value is -1.84. The molecule has 0 unspecified atom stereocenters. The molecule has 17 heavy (non-hydrogen) atoms. The van der Waals surface area contributed by atoms with Gasteiger partial charge < -0.3 is 9.88 Å². The van der Waals surface area contributed by atoms with Crippen LogP contribution < -0.4 is 5.32 Å². The number of imidazole rings is 1. The minimum atomic E-state index is -0.205. The monoisotopic (exact) mass is 233 g/mol. The average Bonchev–Trinajstić information content (AvgIpc) is 2.72. The molecule has 2 aromatic rings. The second-order valence-corrected chi connectivity index (χ2v) is 4.03. The molecule has 0 aliphatic heterocycles. The summed E-state index contributed by atoms with van der Waals surface area (Å²) in [5.74, 6) is 0.540. The van der Waals surface area contributed by atoms with Crippen molar-refractivity contribution in [2.45, 2.75) is 26.8 Å². The minimum absolute atomic E-state index is 0.205. The first-order chi connectivity index (χ1) is 8.20. The molecule has 0 radical (unpaired) electrons. The Kier molecular flexibility index (Phi) is 3.42. The van der Waals surface area contributed by atoms with Gasteiger partial charge in [-0.15, -0.1) is 0 Å². The molecule has 4 heteroatoms. The smallest absolute Gasteiger partial charge is 0.207 e. The molecule has 0 aliphatic rings. The number of aromatic nitrogens is 2. The van der Waals surface area contributed by atoms with Gasteiger partial charge in [-0.1, -0.05) is 13.0 Å². The van der Waals surface area contributed by atoms with Crippen molar-refractivity contribution in [1.82, 2.24) is 9.55 Å². The number of nitrogens with zero attached hydrogens (tertiary/aromatic N) is 2. The number of hydrogen-bond acceptors (Lipinski definition) is 2. The molecule has 0 fully saturated rings. The summed E-state index contributed by atoms with van der Waals surface area (Å²) in [6, 6.07) is 5.09. The lowest BCUT2D eigenvalue weighted by Gasteiger charge is -2.09. The molecule has 1 aromatic carbocycles. The summed E-state index contributed by atoms with van der Waals surface area (Å²) in [6.45, 7) is 4.75. The van der Waals surface area contributed by atoms with Crippen LogP contribution in [-0.2, 0) is 6.54 Å². The van der Waals surface area contributed by atoms with Crippen LogP contribution in [0, 0.1) is 12.7 Å². The molecule has 0 amide bonds. The summed E-state index contributed by atoms with van der Waals surface area (Å²) in [7, 11) is 0. The largest absolute Gasteiger partial charge is 0.326 e. The zero-order valence-electron chi connectivity index (χ0n) is 10.1. The fraction of sp³-hybridized carbons (Fsp3) is 0.308. The molecule has 0 saturated heterocycles. The van der Waals surface area contributed by atoms with Crippen molar-refractivity contribution in [3.05, 3.63) is 42.0 Å². The molecule has 1 N–H and O–H groups in total. The molecule has 1 aromatic heterocycles. The second-order valence-electron chi connectivity index (χ2n) is 4.03. The van der Waals surface area contributed by atoms with Gasteiger partial charge in [0.05, 0.1) is 0 Å². The van der Waals surface area contributed by atoms with Crippen molar-refractivity contribution in [3.63, 3.8) is 0 Å². The highest BCUT2D eigenvalue weighted by molar-refractivity contribution is 5.54. The van der Waals surface area contributed by atoms with Gasteiger partial charge >= 0.3 is 0 Å². The number of anilines is 2. The van der Waals surface area contributed by atoms with E-state index in [-0.39, 0.29) is 5.82 Å². The lowest BCUT2D eigenvalue weighted by molar-refractivity contribution is 0.619. The fourth-order valence-electron chi connectivity index (χ4n) is 1.65. The summed E-state index contributed by atoms with van der Waals surface area (Å²) in [6.07, 6.45) is 4.69. The number of hydrogen-bond donors (Lipinski definition) is 1. The van der Waals surface area contributed by atoms with Gasteiger partial charge in [0, 0.05) is 24.6 Å². The van der Waals surface area contributed by atoms with Crippen molar-refractivity contribution in [1.29, 1.82) is 0 Å². The van der Waals surface area contributed by atoms with Crippen LogP contribution in [0.25, 0.3) is 0 Å². The van der Waals surface area contributed by atoms with E-state index in [0.29, 0.717) is 5.56 Å². The Bertz CT molecular complexity index is 505. The summed E-state index contributed by atoms with van der Waals surface area (Å²) in [5.41, 5.74) is 1.36. The molecular weight excluding hydrogens is 217 g/mol. The van der Waals surface area contributed by atoms with Gasteiger partial charge in [0.25, 0.3) is 0 Å². The second kappa shape index (κ2) is 4.99. The van der Waals surface area contributed by atoms with E-state index in [1.807, 2.05) is 16.8 Å². The first-order valence-corrected chi connectivity index (χ1v) is 5.75. The molecule has 1 heterocycles. The van der Waals surface area contributed by atoms with Crippen molar-refractivity contribution in [2.75, 3.05) is 5.32 Å². The molecular formula is C13H16FN3. The third-order valence-electron chi connectivity index (χ3n) is 2.61. The van der Waals surface area contributed by atoms with E-state index >= 15 is 0 Å². The summed E-state index contributed by atoms with van der Waals surface area (Å²) >= 11 is 0. The predicted molar refractivity (Wildman–Crippen MR) is 66.9 cm³/mol. The van der Waals surface area contributed by atoms with Crippen LogP contribution in [0.2, 0.25) is 0 Å². The van der Waals surface area contributed by atoms with E-state index in [9.17, 15) is 4.39 Å². The number of halogens is 1. The molecule has 0 aliphatic carbocycles. The van der Waals surface area contributed by atoms with Crippen LogP contribution >= 0.6 is 0 Å². The standard InChI is InChI=1S/C13H16FN3/c1-3-7-17-8-6-15-13(17)16-11-5-4-10(2)12(14)9-11/h4-6,8-9H,3,7H2,1-2H3,(H,15,16). The Morgan fingerprint density at radius 2 is 2.24 bits per heavy atom.